The number of aromatic nitrogens is 1. The van der Waals surface area contributed by atoms with Gasteiger partial charge in [-0.2, -0.15) is 26.3 Å². The number of aliphatic carboxylic acids is 1. The molecule has 55 heavy (non-hydrogen) atoms. The van der Waals surface area contributed by atoms with Gasteiger partial charge in [0.2, 0.25) is 5.60 Å². The lowest BCUT2D eigenvalue weighted by Gasteiger charge is -2.51. The molecule has 2 aromatic heterocycles. The first kappa shape index (κ1) is 40.3. The molecule has 4 heterocycles. The van der Waals surface area contributed by atoms with Crippen LogP contribution in [0.2, 0.25) is 0 Å². The van der Waals surface area contributed by atoms with Gasteiger partial charge in [0.05, 0.1) is 29.2 Å². The first-order valence-electron chi connectivity index (χ1n) is 18.2. The third-order valence-electron chi connectivity index (χ3n) is 10.8. The van der Waals surface area contributed by atoms with Gasteiger partial charge < -0.3 is 29.5 Å². The first-order chi connectivity index (χ1) is 26.0. The highest BCUT2D eigenvalue weighted by molar-refractivity contribution is 7.10. The molecule has 6 rings (SSSR count). The van der Waals surface area contributed by atoms with Crippen molar-refractivity contribution in [2.75, 3.05) is 19.6 Å². The molecule has 0 radical (unpaired) electrons. The van der Waals surface area contributed by atoms with Crippen molar-refractivity contribution in [2.45, 2.75) is 100 Å². The Balaban J connectivity index is 1.31. The van der Waals surface area contributed by atoms with Crippen LogP contribution < -0.4 is 9.47 Å². The Morgan fingerprint density at radius 2 is 1.71 bits per heavy atom. The lowest BCUT2D eigenvalue weighted by Crippen LogP contribution is -2.68. The van der Waals surface area contributed by atoms with Crippen molar-refractivity contribution in [3.05, 3.63) is 75.7 Å². The number of rotatable bonds is 10. The van der Waals surface area contributed by atoms with Gasteiger partial charge in [0.1, 0.15) is 22.1 Å². The molecule has 2 amide bonds. The van der Waals surface area contributed by atoms with Gasteiger partial charge in [0.15, 0.2) is 0 Å². The van der Waals surface area contributed by atoms with E-state index in [9.17, 15) is 50.9 Å². The number of piperidine rings is 2. The van der Waals surface area contributed by atoms with E-state index >= 15 is 0 Å². The number of halogens is 6. The van der Waals surface area contributed by atoms with Crippen molar-refractivity contribution in [3.63, 3.8) is 0 Å². The molecule has 2 N–H and O–H groups in total. The number of para-hydroxylation sites is 1. The maximum absolute atomic E-state index is 14.9. The number of benzene rings is 1. The maximum atomic E-state index is 14.9. The first-order valence-corrected chi connectivity index (χ1v) is 19.0. The van der Waals surface area contributed by atoms with Gasteiger partial charge in [-0.05, 0) is 63.1 Å². The number of carboxylic acids is 1. The Morgan fingerprint density at radius 1 is 0.982 bits per heavy atom. The fraction of sp³-hybridized carbons (Fsp3) is 0.526. The number of thiophene rings is 1. The Morgan fingerprint density at radius 3 is 2.35 bits per heavy atom. The summed E-state index contributed by atoms with van der Waals surface area (Å²) in [4.78, 5) is 45.8. The molecule has 1 saturated carbocycles. The summed E-state index contributed by atoms with van der Waals surface area (Å²) in [5, 5.41) is 22.5. The number of aliphatic hydroxyl groups is 1. The van der Waals surface area contributed by atoms with E-state index in [0.717, 1.165) is 34.7 Å². The van der Waals surface area contributed by atoms with Gasteiger partial charge in [0.25, 0.3) is 11.8 Å². The molecule has 4 atom stereocenters. The monoisotopic (exact) mass is 797 g/mol. The molecule has 1 aromatic carbocycles. The molecule has 298 valence electrons. The molecule has 3 fully saturated rings. The fourth-order valence-corrected chi connectivity index (χ4v) is 8.77. The summed E-state index contributed by atoms with van der Waals surface area (Å²) in [6.45, 7) is 1.61. The molecule has 2 aliphatic heterocycles. The standard InChI is InChI=1S/C38H41F6N3O7S/c1-2-7-29-36(54-25-21-30(55-22-25)38(42,43)44,13-6-17-47(29)32(48)31-27(37(39,40)41)9-5-16-45-31)34(51)46-18-14-35(52,15-19-46)26-8-3-4-10-28(26)53-24-12-11-23(20-24)33(49)50/h3-5,8-10,16,21-24,29,52H,2,6-7,11-15,17-20H2,1H3,(H,49,50)/t23-,24-,29-,36+/m1/s1. The molecule has 10 nitrogen and oxygen atoms in total. The van der Waals surface area contributed by atoms with Crippen LogP contribution in [-0.4, -0.2) is 80.2 Å². The van der Waals surface area contributed by atoms with E-state index in [0.29, 0.717) is 48.3 Å². The zero-order valence-electron chi connectivity index (χ0n) is 29.9. The Bertz CT molecular complexity index is 1880. The van der Waals surface area contributed by atoms with Crippen LogP contribution in [0.1, 0.15) is 91.2 Å². The number of carbonyl (C=O) groups is 3. The number of pyridine rings is 1. The second kappa shape index (κ2) is 15.6. The van der Waals surface area contributed by atoms with Gasteiger partial charge in [0, 0.05) is 49.3 Å². The molecule has 3 aromatic rings. The van der Waals surface area contributed by atoms with Crippen LogP contribution >= 0.6 is 11.3 Å². The van der Waals surface area contributed by atoms with E-state index in [1.54, 1.807) is 31.2 Å². The van der Waals surface area contributed by atoms with Crippen molar-refractivity contribution >= 4 is 29.1 Å². The van der Waals surface area contributed by atoms with E-state index in [4.69, 9.17) is 9.47 Å². The largest absolute Gasteiger partial charge is 0.490 e. The molecule has 0 bridgehead atoms. The number of nitrogens with zero attached hydrogens (tertiary/aromatic N) is 3. The number of carboxylic acid groups (broad SMARTS) is 1. The zero-order chi connectivity index (χ0) is 39.8. The third kappa shape index (κ3) is 8.27. The summed E-state index contributed by atoms with van der Waals surface area (Å²) >= 11 is 0.361. The van der Waals surface area contributed by atoms with E-state index in [2.05, 4.69) is 4.98 Å². The van der Waals surface area contributed by atoms with Crippen LogP contribution in [0.4, 0.5) is 26.3 Å². The van der Waals surface area contributed by atoms with Crippen molar-refractivity contribution in [2.24, 2.45) is 5.92 Å². The van der Waals surface area contributed by atoms with Crippen molar-refractivity contribution in [1.82, 2.24) is 14.8 Å². The van der Waals surface area contributed by atoms with Gasteiger partial charge in [-0.1, -0.05) is 31.5 Å². The summed E-state index contributed by atoms with van der Waals surface area (Å²) in [5.74, 6) is -3.07. The number of amides is 2. The molecular formula is C38H41F6N3O7S. The quantitative estimate of drug-likeness (QED) is 0.202. The molecule has 3 aliphatic rings. The average Bonchev–Trinajstić information content (AvgIpc) is 3.82. The van der Waals surface area contributed by atoms with Crippen LogP contribution in [0.15, 0.2) is 54.0 Å². The topological polar surface area (TPSA) is 130 Å². The Kier molecular flexibility index (Phi) is 11.5. The van der Waals surface area contributed by atoms with Gasteiger partial charge in [-0.25, -0.2) is 0 Å². The lowest BCUT2D eigenvalue weighted by atomic mass is 9.78. The minimum atomic E-state index is -4.92. The highest BCUT2D eigenvalue weighted by atomic mass is 32.1. The van der Waals surface area contributed by atoms with Crippen molar-refractivity contribution < 1.29 is 60.4 Å². The summed E-state index contributed by atoms with van der Waals surface area (Å²) < 4.78 is 95.7. The normalized spacial score (nSPS) is 24.4. The minimum Gasteiger partial charge on any atom is -0.490 e. The number of hydrogen-bond donors (Lipinski definition) is 2. The maximum Gasteiger partial charge on any atom is 0.425 e. The zero-order valence-corrected chi connectivity index (χ0v) is 30.7. The van der Waals surface area contributed by atoms with Crippen molar-refractivity contribution in [3.8, 4) is 11.5 Å². The average molecular weight is 798 g/mol. The summed E-state index contributed by atoms with van der Waals surface area (Å²) in [5.41, 5.74) is -5.15. The number of likely N-dealkylation sites (tertiary alicyclic amines) is 2. The predicted octanol–water partition coefficient (Wildman–Crippen LogP) is 7.55. The summed E-state index contributed by atoms with van der Waals surface area (Å²) in [7, 11) is 0. The van der Waals surface area contributed by atoms with Gasteiger partial charge in [-0.3, -0.25) is 19.4 Å². The highest BCUT2D eigenvalue weighted by Crippen LogP contribution is 2.45. The molecule has 17 heteroatoms. The van der Waals surface area contributed by atoms with E-state index in [1.165, 1.54) is 4.90 Å². The van der Waals surface area contributed by atoms with Crippen LogP contribution in [-0.2, 0) is 27.5 Å². The molecule has 0 unspecified atom stereocenters. The number of ether oxygens (including phenoxy) is 2. The van der Waals surface area contributed by atoms with E-state index in [1.807, 2.05) is 0 Å². The van der Waals surface area contributed by atoms with Crippen molar-refractivity contribution in [1.29, 1.82) is 0 Å². The van der Waals surface area contributed by atoms with Gasteiger partial charge >= 0.3 is 18.3 Å². The smallest absolute Gasteiger partial charge is 0.425 e. The summed E-state index contributed by atoms with van der Waals surface area (Å²) in [6, 6.07) is 8.19. The summed E-state index contributed by atoms with van der Waals surface area (Å²) in [6.07, 6.45) is -7.19. The number of carbonyl (C=O) groups excluding carboxylic acids is 2. The predicted molar refractivity (Wildman–Crippen MR) is 186 cm³/mol. The number of hydrogen-bond acceptors (Lipinski definition) is 8. The highest BCUT2D eigenvalue weighted by Gasteiger charge is 2.57. The molecular weight excluding hydrogens is 756 g/mol. The second-order valence-corrected chi connectivity index (χ2v) is 15.3. The van der Waals surface area contributed by atoms with Crippen LogP contribution in [0.25, 0.3) is 0 Å². The number of alkyl halides is 6. The fourth-order valence-electron chi connectivity index (χ4n) is 8.10. The Hall–Kier alpha value is -4.38. The van der Waals surface area contributed by atoms with E-state index < -0.39 is 69.4 Å². The second-order valence-electron chi connectivity index (χ2n) is 14.3. The molecule has 1 aliphatic carbocycles. The SMILES string of the molecule is CCC[C@H]1N(C(=O)c2ncccc2C(F)(F)F)CCC[C@@]1(Oc1csc(C(F)(F)F)c1)C(=O)N1CCC(O)(c2ccccc2O[C@@H]2CC[C@@H](C(=O)O)C2)CC1. The van der Waals surface area contributed by atoms with Crippen LogP contribution in [0.5, 0.6) is 11.5 Å². The minimum absolute atomic E-state index is 0.0122. The van der Waals surface area contributed by atoms with Crippen LogP contribution in [0, 0.1) is 5.92 Å². The lowest BCUT2D eigenvalue weighted by molar-refractivity contribution is -0.163. The van der Waals surface area contributed by atoms with E-state index in [-0.39, 0.29) is 63.6 Å². The van der Waals surface area contributed by atoms with Gasteiger partial charge in [-0.15, -0.1) is 11.3 Å². The molecule has 2 saturated heterocycles. The third-order valence-corrected chi connectivity index (χ3v) is 11.8. The Labute approximate surface area is 317 Å². The van der Waals surface area contributed by atoms with Crippen LogP contribution in [0.3, 0.4) is 0 Å². The molecule has 0 spiro atoms.